The minimum absolute atomic E-state index is 0.154. The molecular weight excluding hydrogens is 316 g/mol. The summed E-state index contributed by atoms with van der Waals surface area (Å²) in [5, 5.41) is 8.59. The third-order valence-corrected chi connectivity index (χ3v) is 2.98. The molecule has 0 heterocycles. The van der Waals surface area contributed by atoms with Crippen molar-refractivity contribution in [2.45, 2.75) is 0 Å². The maximum Gasteiger partial charge on any atom is 0.252 e. The van der Waals surface area contributed by atoms with Gasteiger partial charge < -0.3 is 4.79 Å². The van der Waals surface area contributed by atoms with E-state index in [9.17, 15) is 9.59 Å². The Morgan fingerprint density at radius 1 is 1.21 bits per heavy atom. The topological polar surface area (TPSA) is 62.3 Å². The van der Waals surface area contributed by atoms with Crippen molar-refractivity contribution >= 4 is 43.4 Å². The lowest BCUT2D eigenvalue weighted by molar-refractivity contribution is -0.115. The van der Waals surface area contributed by atoms with Crippen LogP contribution in [-0.2, 0) is 9.59 Å². The number of ketones is 2. The quantitative estimate of drug-likeness (QED) is 0.506. The summed E-state index contributed by atoms with van der Waals surface area (Å²) >= 11 is 5.64. The molecule has 0 fully saturated rings. The molecule has 1 aliphatic carbocycles. The number of rotatable bonds is 0. The molecule has 0 amide bonds. The summed E-state index contributed by atoms with van der Waals surface area (Å²) in [7, 11) is 0. The van der Waals surface area contributed by atoms with E-state index in [4.69, 9.17) is 11.8 Å². The SMILES string of the molecule is [C-]#[N+]C1=C(Br)C(=O)C(C#N)=C(Br)C1=O. The fourth-order valence-corrected chi connectivity index (χ4v) is 1.76. The van der Waals surface area contributed by atoms with Gasteiger partial charge in [0, 0.05) is 0 Å². The molecule has 4 nitrogen and oxygen atoms in total. The van der Waals surface area contributed by atoms with E-state index in [1.54, 1.807) is 6.07 Å². The summed E-state index contributed by atoms with van der Waals surface area (Å²) in [6.07, 6.45) is 0. The number of carbonyl (C=O) groups is 2. The third kappa shape index (κ3) is 1.43. The van der Waals surface area contributed by atoms with Gasteiger partial charge in [0.15, 0.2) is 0 Å². The molecule has 0 unspecified atom stereocenters. The molecule has 1 aliphatic rings. The molecule has 0 aromatic carbocycles. The van der Waals surface area contributed by atoms with Crippen LogP contribution in [0.2, 0.25) is 0 Å². The lowest BCUT2D eigenvalue weighted by Gasteiger charge is -2.09. The monoisotopic (exact) mass is 314 g/mol. The first-order valence-corrected chi connectivity index (χ1v) is 4.79. The van der Waals surface area contributed by atoms with Gasteiger partial charge in [-0.3, -0.25) is 4.79 Å². The first-order valence-electron chi connectivity index (χ1n) is 3.21. The Kier molecular flexibility index (Phi) is 3.00. The summed E-state index contributed by atoms with van der Waals surface area (Å²) < 4.78 is -0.309. The standard InChI is InChI=1S/C8Br2N2O2/c1-12-6-5(10)7(13)3(2-11)4(9)8(6)14. The van der Waals surface area contributed by atoms with Gasteiger partial charge in [-0.1, -0.05) is 15.9 Å². The van der Waals surface area contributed by atoms with Crippen LogP contribution in [0.4, 0.5) is 0 Å². The average Bonchev–Trinajstić information content (AvgIpc) is 2.17. The molecule has 0 aromatic heterocycles. The van der Waals surface area contributed by atoms with Crippen molar-refractivity contribution in [3.8, 4) is 6.07 Å². The predicted molar refractivity (Wildman–Crippen MR) is 54.1 cm³/mol. The van der Waals surface area contributed by atoms with Crippen LogP contribution in [0.1, 0.15) is 0 Å². The van der Waals surface area contributed by atoms with Crippen LogP contribution in [0.5, 0.6) is 0 Å². The first-order chi connectivity index (χ1) is 6.54. The second kappa shape index (κ2) is 3.87. The number of halogens is 2. The molecule has 1 rings (SSSR count). The normalized spacial score (nSPS) is 16.9. The molecule has 0 saturated heterocycles. The fourth-order valence-electron chi connectivity index (χ4n) is 0.834. The van der Waals surface area contributed by atoms with Crippen molar-refractivity contribution in [1.82, 2.24) is 0 Å². The van der Waals surface area contributed by atoms with Crippen molar-refractivity contribution in [3.63, 3.8) is 0 Å². The van der Waals surface area contributed by atoms with E-state index in [1.807, 2.05) is 0 Å². The molecule has 6 heteroatoms. The zero-order chi connectivity index (χ0) is 10.9. The highest BCUT2D eigenvalue weighted by Gasteiger charge is 2.32. The van der Waals surface area contributed by atoms with E-state index in [2.05, 4.69) is 36.7 Å². The molecule has 0 spiro atoms. The number of carbonyl (C=O) groups excluding carboxylic acids is 2. The second-order valence-electron chi connectivity index (χ2n) is 2.23. The minimum atomic E-state index is -0.650. The number of hydrogen-bond donors (Lipinski definition) is 0. The third-order valence-electron chi connectivity index (χ3n) is 1.49. The largest absolute Gasteiger partial charge is 0.302 e. The van der Waals surface area contributed by atoms with Crippen molar-refractivity contribution in [2.24, 2.45) is 0 Å². The molecule has 0 aliphatic heterocycles. The van der Waals surface area contributed by atoms with Gasteiger partial charge in [0.1, 0.15) is 11.6 Å². The van der Waals surface area contributed by atoms with Crippen LogP contribution in [0, 0.1) is 17.9 Å². The van der Waals surface area contributed by atoms with Gasteiger partial charge in [-0.2, -0.15) is 5.26 Å². The van der Waals surface area contributed by atoms with Crippen molar-refractivity contribution in [1.29, 1.82) is 5.26 Å². The van der Waals surface area contributed by atoms with Crippen LogP contribution in [0.3, 0.4) is 0 Å². The molecular formula is C8Br2N2O2. The molecule has 0 radical (unpaired) electrons. The van der Waals surface area contributed by atoms with E-state index in [1.165, 1.54) is 0 Å². The van der Waals surface area contributed by atoms with Gasteiger partial charge in [0.05, 0.1) is 15.5 Å². The molecule has 14 heavy (non-hydrogen) atoms. The lowest BCUT2D eigenvalue weighted by atomic mass is 10.0. The highest BCUT2D eigenvalue weighted by molar-refractivity contribution is 9.12. The molecule has 0 saturated carbocycles. The van der Waals surface area contributed by atoms with Crippen molar-refractivity contribution in [3.05, 3.63) is 31.7 Å². The summed E-state index contributed by atoms with van der Waals surface area (Å²) in [5.74, 6) is -1.30. The number of nitriles is 1. The zero-order valence-electron chi connectivity index (χ0n) is 6.47. The van der Waals surface area contributed by atoms with Crippen LogP contribution in [-0.4, -0.2) is 11.6 Å². The summed E-state index contributed by atoms with van der Waals surface area (Å²) in [4.78, 5) is 25.7. The van der Waals surface area contributed by atoms with Crippen LogP contribution >= 0.6 is 31.9 Å². The lowest BCUT2D eigenvalue weighted by Crippen LogP contribution is -2.17. The second-order valence-corrected chi connectivity index (χ2v) is 3.82. The minimum Gasteiger partial charge on any atom is -0.302 e. The average molecular weight is 316 g/mol. The summed E-state index contributed by atoms with van der Waals surface area (Å²) in [5.41, 5.74) is -0.588. The Morgan fingerprint density at radius 3 is 2.21 bits per heavy atom. The number of Topliss-reactive ketones (excluding diaryl/α,β-unsaturated/α-hetero) is 2. The van der Waals surface area contributed by atoms with E-state index in [0.29, 0.717) is 0 Å². The highest BCUT2D eigenvalue weighted by atomic mass is 79.9. The van der Waals surface area contributed by atoms with Gasteiger partial charge in [-0.25, -0.2) is 4.85 Å². The van der Waals surface area contributed by atoms with Crippen LogP contribution in [0.25, 0.3) is 4.85 Å². The summed E-state index contributed by atoms with van der Waals surface area (Å²) in [6, 6.07) is 1.60. The Bertz CT molecular complexity index is 442. The maximum atomic E-state index is 11.4. The van der Waals surface area contributed by atoms with E-state index in [0.717, 1.165) is 0 Å². The number of hydrogen-bond acceptors (Lipinski definition) is 3. The Hall–Kier alpha value is -1.24. The molecule has 0 N–H and O–H groups in total. The Labute approximate surface area is 96.0 Å². The predicted octanol–water partition coefficient (Wildman–Crippen LogP) is 1.84. The van der Waals surface area contributed by atoms with Crippen molar-refractivity contribution in [2.75, 3.05) is 0 Å². The van der Waals surface area contributed by atoms with Crippen molar-refractivity contribution < 1.29 is 9.59 Å². The van der Waals surface area contributed by atoms with Gasteiger partial charge in [0.25, 0.3) is 5.70 Å². The molecule has 68 valence electrons. The van der Waals surface area contributed by atoms with E-state index < -0.39 is 11.6 Å². The van der Waals surface area contributed by atoms with Gasteiger partial charge in [-0.15, -0.1) is 0 Å². The number of allylic oxidation sites excluding steroid dienone is 3. The van der Waals surface area contributed by atoms with E-state index >= 15 is 0 Å². The van der Waals surface area contributed by atoms with Gasteiger partial charge >= 0.3 is 0 Å². The molecule has 0 atom stereocenters. The zero-order valence-corrected chi connectivity index (χ0v) is 9.64. The fraction of sp³-hybridized carbons (Fsp3) is 0. The Morgan fingerprint density at radius 2 is 1.79 bits per heavy atom. The molecule has 0 bridgehead atoms. The van der Waals surface area contributed by atoms with Gasteiger partial charge in [-0.05, 0) is 15.9 Å². The van der Waals surface area contributed by atoms with Gasteiger partial charge in [0.2, 0.25) is 11.6 Å². The first kappa shape index (κ1) is 10.8. The smallest absolute Gasteiger partial charge is 0.252 e. The Balaban J connectivity index is 3.47. The van der Waals surface area contributed by atoms with Crippen LogP contribution in [0.15, 0.2) is 20.2 Å². The number of nitrogens with zero attached hydrogens (tertiary/aromatic N) is 2. The summed E-state index contributed by atoms with van der Waals surface area (Å²) in [6.45, 7) is 6.70. The van der Waals surface area contributed by atoms with Crippen LogP contribution < -0.4 is 0 Å². The maximum absolute atomic E-state index is 11.4. The molecule has 0 aromatic rings. The van der Waals surface area contributed by atoms with E-state index in [-0.39, 0.29) is 20.2 Å². The highest BCUT2D eigenvalue weighted by Crippen LogP contribution is 2.31.